The van der Waals surface area contributed by atoms with Gasteiger partial charge in [0.1, 0.15) is 12.4 Å². The molecule has 1 heterocycles. The number of hydrogen-bond donors (Lipinski definition) is 2. The fraction of sp³-hybridized carbons (Fsp3) is 0.231. The molecule has 0 atom stereocenters. The molecule has 0 aliphatic rings. The summed E-state index contributed by atoms with van der Waals surface area (Å²) in [6, 6.07) is 7.13. The predicted octanol–water partition coefficient (Wildman–Crippen LogP) is 1.07. The zero-order valence-corrected chi connectivity index (χ0v) is 11.0. The standard InChI is InChI=1S/C13H14N6O/c1-9-6-10(15)2-3-11(9)17-13(20)4-5-19-8-16-12(7-14)18-19/h2-3,6,8H,4-5,15H2,1H3,(H,17,20). The molecule has 7 heteroatoms. The molecular formula is C13H14N6O. The van der Waals surface area contributed by atoms with E-state index in [2.05, 4.69) is 15.4 Å². The highest BCUT2D eigenvalue weighted by atomic mass is 16.1. The molecule has 0 radical (unpaired) electrons. The van der Waals surface area contributed by atoms with Gasteiger partial charge in [0.2, 0.25) is 5.91 Å². The quantitative estimate of drug-likeness (QED) is 0.807. The Hall–Kier alpha value is -2.88. The van der Waals surface area contributed by atoms with Crippen molar-refractivity contribution in [3.8, 4) is 6.07 Å². The van der Waals surface area contributed by atoms with Crippen molar-refractivity contribution < 1.29 is 4.79 Å². The van der Waals surface area contributed by atoms with Crippen molar-refractivity contribution in [3.05, 3.63) is 35.9 Å². The number of carbonyl (C=O) groups excluding carboxylic acids is 1. The molecule has 1 aromatic heterocycles. The van der Waals surface area contributed by atoms with Crippen LogP contribution in [0.3, 0.4) is 0 Å². The van der Waals surface area contributed by atoms with Crippen molar-refractivity contribution in [1.29, 1.82) is 5.26 Å². The zero-order chi connectivity index (χ0) is 14.5. The number of nitriles is 1. The molecule has 2 rings (SSSR count). The largest absolute Gasteiger partial charge is 0.399 e. The monoisotopic (exact) mass is 270 g/mol. The van der Waals surface area contributed by atoms with Crippen LogP contribution in [0.5, 0.6) is 0 Å². The Labute approximate surface area is 116 Å². The third kappa shape index (κ3) is 3.32. The van der Waals surface area contributed by atoms with Crippen LogP contribution in [-0.4, -0.2) is 20.7 Å². The van der Waals surface area contributed by atoms with Gasteiger partial charge in [-0.15, -0.1) is 5.10 Å². The van der Waals surface area contributed by atoms with Crippen molar-refractivity contribution >= 4 is 17.3 Å². The summed E-state index contributed by atoms with van der Waals surface area (Å²) in [6.45, 7) is 2.25. The van der Waals surface area contributed by atoms with Gasteiger partial charge in [-0.2, -0.15) is 5.26 Å². The van der Waals surface area contributed by atoms with Gasteiger partial charge in [0.25, 0.3) is 5.82 Å². The molecule has 0 aliphatic carbocycles. The Morgan fingerprint density at radius 3 is 3.00 bits per heavy atom. The van der Waals surface area contributed by atoms with Crippen molar-refractivity contribution in [2.75, 3.05) is 11.1 Å². The summed E-state index contributed by atoms with van der Waals surface area (Å²) >= 11 is 0. The van der Waals surface area contributed by atoms with E-state index in [4.69, 9.17) is 11.0 Å². The lowest BCUT2D eigenvalue weighted by atomic mass is 10.2. The first-order chi connectivity index (χ1) is 9.58. The van der Waals surface area contributed by atoms with E-state index >= 15 is 0 Å². The molecule has 20 heavy (non-hydrogen) atoms. The van der Waals surface area contributed by atoms with Crippen LogP contribution in [0.1, 0.15) is 17.8 Å². The summed E-state index contributed by atoms with van der Waals surface area (Å²) in [4.78, 5) is 15.6. The summed E-state index contributed by atoms with van der Waals surface area (Å²) in [6.07, 6.45) is 1.68. The van der Waals surface area contributed by atoms with Crippen LogP contribution in [0.25, 0.3) is 0 Å². The Bertz CT molecular complexity index is 670. The fourth-order valence-electron chi connectivity index (χ4n) is 1.71. The van der Waals surface area contributed by atoms with E-state index in [-0.39, 0.29) is 18.2 Å². The van der Waals surface area contributed by atoms with E-state index in [9.17, 15) is 4.79 Å². The van der Waals surface area contributed by atoms with Crippen LogP contribution in [0.2, 0.25) is 0 Å². The molecule has 0 bridgehead atoms. The summed E-state index contributed by atoms with van der Waals surface area (Å²) in [5.74, 6) is -0.0355. The third-order valence-electron chi connectivity index (χ3n) is 2.73. The normalized spacial score (nSPS) is 10.0. The average Bonchev–Trinajstić information content (AvgIpc) is 2.88. The second-order valence-corrected chi connectivity index (χ2v) is 4.32. The van der Waals surface area contributed by atoms with Crippen molar-refractivity contribution in [2.24, 2.45) is 0 Å². The molecule has 0 spiro atoms. The fourth-order valence-corrected chi connectivity index (χ4v) is 1.71. The smallest absolute Gasteiger partial charge is 0.252 e. The number of hydrogen-bond acceptors (Lipinski definition) is 5. The number of nitrogens with one attached hydrogen (secondary N) is 1. The third-order valence-corrected chi connectivity index (χ3v) is 2.73. The number of aromatic nitrogens is 3. The topological polar surface area (TPSA) is 110 Å². The van der Waals surface area contributed by atoms with Crippen LogP contribution >= 0.6 is 0 Å². The van der Waals surface area contributed by atoms with E-state index in [1.807, 2.05) is 13.0 Å². The maximum Gasteiger partial charge on any atom is 0.252 e. The molecule has 2 aromatic rings. The molecule has 0 fully saturated rings. The van der Waals surface area contributed by atoms with Crippen LogP contribution < -0.4 is 11.1 Å². The van der Waals surface area contributed by atoms with Crippen molar-refractivity contribution in [2.45, 2.75) is 19.9 Å². The van der Waals surface area contributed by atoms with Gasteiger partial charge in [-0.25, -0.2) is 4.98 Å². The Morgan fingerprint density at radius 1 is 1.55 bits per heavy atom. The van der Waals surface area contributed by atoms with Crippen molar-refractivity contribution in [3.63, 3.8) is 0 Å². The van der Waals surface area contributed by atoms with Gasteiger partial charge in [-0.05, 0) is 30.7 Å². The number of amides is 1. The molecule has 0 aliphatic heterocycles. The van der Waals surface area contributed by atoms with Gasteiger partial charge >= 0.3 is 0 Å². The van der Waals surface area contributed by atoms with Gasteiger partial charge in [0, 0.05) is 17.8 Å². The van der Waals surface area contributed by atoms with Gasteiger partial charge in [0.05, 0.1) is 6.54 Å². The minimum absolute atomic E-state index is 0.0970. The first-order valence-corrected chi connectivity index (χ1v) is 6.04. The molecule has 1 aromatic carbocycles. The number of benzene rings is 1. The highest BCUT2D eigenvalue weighted by molar-refractivity contribution is 5.91. The lowest BCUT2D eigenvalue weighted by Crippen LogP contribution is -2.15. The summed E-state index contributed by atoms with van der Waals surface area (Å²) in [5, 5.41) is 15.3. The van der Waals surface area contributed by atoms with E-state index in [1.54, 1.807) is 18.2 Å². The Balaban J connectivity index is 1.91. The molecule has 0 unspecified atom stereocenters. The highest BCUT2D eigenvalue weighted by Gasteiger charge is 2.06. The first kappa shape index (κ1) is 13.5. The number of anilines is 2. The minimum Gasteiger partial charge on any atom is -0.399 e. The van der Waals surface area contributed by atoms with E-state index in [1.165, 1.54) is 11.0 Å². The van der Waals surface area contributed by atoms with Gasteiger partial charge < -0.3 is 11.1 Å². The summed E-state index contributed by atoms with van der Waals surface area (Å²) in [5.41, 5.74) is 7.96. The molecule has 0 saturated carbocycles. The van der Waals surface area contributed by atoms with Crippen LogP contribution in [0.15, 0.2) is 24.5 Å². The SMILES string of the molecule is Cc1cc(N)ccc1NC(=O)CCn1cnc(C#N)n1. The number of nitrogens with two attached hydrogens (primary N) is 1. The number of rotatable bonds is 4. The van der Waals surface area contributed by atoms with E-state index in [0.29, 0.717) is 12.2 Å². The highest BCUT2D eigenvalue weighted by Crippen LogP contribution is 2.17. The van der Waals surface area contributed by atoms with Gasteiger partial charge in [-0.1, -0.05) is 0 Å². The lowest BCUT2D eigenvalue weighted by Gasteiger charge is -2.08. The van der Waals surface area contributed by atoms with Gasteiger partial charge in [-0.3, -0.25) is 9.48 Å². The Morgan fingerprint density at radius 2 is 2.35 bits per heavy atom. The predicted molar refractivity (Wildman–Crippen MR) is 73.6 cm³/mol. The second-order valence-electron chi connectivity index (χ2n) is 4.32. The Kier molecular flexibility index (Phi) is 3.96. The number of nitrogens with zero attached hydrogens (tertiary/aromatic N) is 4. The minimum atomic E-state index is -0.133. The lowest BCUT2D eigenvalue weighted by molar-refractivity contribution is -0.116. The van der Waals surface area contributed by atoms with Crippen molar-refractivity contribution in [1.82, 2.24) is 14.8 Å². The number of carbonyl (C=O) groups is 1. The van der Waals surface area contributed by atoms with Crippen LogP contribution in [0.4, 0.5) is 11.4 Å². The zero-order valence-electron chi connectivity index (χ0n) is 11.0. The molecule has 0 saturated heterocycles. The second kappa shape index (κ2) is 5.84. The van der Waals surface area contributed by atoms with Crippen LogP contribution in [0, 0.1) is 18.3 Å². The number of aryl methyl sites for hydroxylation is 2. The molecule has 7 nitrogen and oxygen atoms in total. The van der Waals surface area contributed by atoms with Gasteiger partial charge in [0.15, 0.2) is 0 Å². The average molecular weight is 270 g/mol. The summed E-state index contributed by atoms with van der Waals surface area (Å²) in [7, 11) is 0. The first-order valence-electron chi connectivity index (χ1n) is 6.04. The molecule has 3 N–H and O–H groups in total. The van der Waals surface area contributed by atoms with E-state index in [0.717, 1.165) is 11.3 Å². The maximum absolute atomic E-state index is 11.8. The molecular weight excluding hydrogens is 256 g/mol. The molecule has 102 valence electrons. The summed E-state index contributed by atoms with van der Waals surface area (Å²) < 4.78 is 1.47. The number of nitrogen functional groups attached to an aromatic ring is 1. The van der Waals surface area contributed by atoms with E-state index < -0.39 is 0 Å². The van der Waals surface area contributed by atoms with Crippen LogP contribution in [-0.2, 0) is 11.3 Å². The maximum atomic E-state index is 11.8. The molecule has 1 amide bonds.